The number of benzene rings is 6. The molecule has 0 aliphatic carbocycles. The van der Waals surface area contributed by atoms with Crippen molar-refractivity contribution < 1.29 is 4.40 Å². The first-order valence-electron chi connectivity index (χ1n) is 14.0. The monoisotopic (exact) mass is 523 g/mol. The number of nitrogens with one attached hydrogen (secondary N) is 1. The molecule has 2 heteroatoms. The molecule has 0 aliphatic heterocycles. The van der Waals surface area contributed by atoms with Gasteiger partial charge >= 0.3 is 0 Å². The van der Waals surface area contributed by atoms with E-state index in [2.05, 4.69) is 167 Å². The second kappa shape index (κ2) is 9.62. The zero-order valence-corrected chi connectivity index (χ0v) is 22.5. The van der Waals surface area contributed by atoms with Gasteiger partial charge in [0, 0.05) is 17.2 Å². The summed E-state index contributed by atoms with van der Waals surface area (Å²) in [5, 5.41) is 2.46. The van der Waals surface area contributed by atoms with E-state index < -0.39 is 0 Å². The number of pyridine rings is 1. The van der Waals surface area contributed by atoms with Crippen LogP contribution in [0.25, 0.3) is 72.0 Å². The third kappa shape index (κ3) is 3.76. The number of H-pyrrole nitrogens is 1. The molecule has 0 saturated carbocycles. The fourth-order valence-electron chi connectivity index (χ4n) is 6.35. The summed E-state index contributed by atoms with van der Waals surface area (Å²) >= 11 is 0. The summed E-state index contributed by atoms with van der Waals surface area (Å²) < 4.78 is 2.31. The van der Waals surface area contributed by atoms with E-state index in [-0.39, 0.29) is 0 Å². The van der Waals surface area contributed by atoms with Gasteiger partial charge in [0.1, 0.15) is 0 Å². The summed E-state index contributed by atoms with van der Waals surface area (Å²) in [6, 6.07) is 54.2. The average molecular weight is 524 g/mol. The Kier molecular flexibility index (Phi) is 5.49. The van der Waals surface area contributed by atoms with Crippen molar-refractivity contribution in [2.45, 2.75) is 0 Å². The highest BCUT2D eigenvalue weighted by Gasteiger charge is 2.27. The lowest BCUT2D eigenvalue weighted by atomic mass is 9.85. The first-order chi connectivity index (χ1) is 20.4. The predicted molar refractivity (Wildman–Crippen MR) is 171 cm³/mol. The Bertz CT molecular complexity index is 2190. The molecule has 0 amide bonds. The number of imidazole rings is 1. The number of rotatable bonds is 4. The van der Waals surface area contributed by atoms with Crippen molar-refractivity contribution in [3.8, 4) is 44.5 Å². The van der Waals surface area contributed by atoms with Gasteiger partial charge in [-0.2, -0.15) is 4.40 Å². The average Bonchev–Trinajstić information content (AvgIpc) is 3.43. The summed E-state index contributed by atoms with van der Waals surface area (Å²) in [6.07, 6.45) is 2.17. The van der Waals surface area contributed by atoms with Gasteiger partial charge in [0.05, 0.1) is 6.20 Å². The maximum atomic E-state index is 3.85. The van der Waals surface area contributed by atoms with Gasteiger partial charge in [-0.3, -0.25) is 0 Å². The van der Waals surface area contributed by atoms with E-state index >= 15 is 0 Å². The zero-order chi connectivity index (χ0) is 27.2. The molecule has 8 rings (SSSR count). The summed E-state index contributed by atoms with van der Waals surface area (Å²) in [5.41, 5.74) is 13.1. The normalized spacial score (nSPS) is 11.4. The fourth-order valence-corrected chi connectivity index (χ4v) is 6.35. The number of aromatic nitrogens is 2. The molecule has 0 atom stereocenters. The van der Waals surface area contributed by atoms with Gasteiger partial charge in [0.25, 0.3) is 5.65 Å². The molecule has 2 heterocycles. The van der Waals surface area contributed by atoms with Gasteiger partial charge in [0.15, 0.2) is 11.0 Å². The van der Waals surface area contributed by atoms with Crippen molar-refractivity contribution in [2.75, 3.05) is 0 Å². The van der Waals surface area contributed by atoms with E-state index in [0.717, 1.165) is 11.2 Å². The highest BCUT2D eigenvalue weighted by Crippen LogP contribution is 2.46. The third-order valence-electron chi connectivity index (χ3n) is 8.11. The number of nitrogens with zero attached hydrogens (tertiary/aromatic N) is 1. The van der Waals surface area contributed by atoms with Crippen LogP contribution in [0, 0.1) is 0 Å². The van der Waals surface area contributed by atoms with Gasteiger partial charge < -0.3 is 0 Å². The Morgan fingerprint density at radius 2 is 0.854 bits per heavy atom. The topological polar surface area (TPSA) is 19.9 Å². The van der Waals surface area contributed by atoms with E-state index in [4.69, 9.17) is 0 Å². The minimum atomic E-state index is 1.06. The van der Waals surface area contributed by atoms with Crippen LogP contribution >= 0.6 is 0 Å². The lowest BCUT2D eigenvalue weighted by Crippen LogP contribution is -2.19. The minimum absolute atomic E-state index is 1.06. The first-order valence-corrected chi connectivity index (χ1v) is 14.0. The van der Waals surface area contributed by atoms with Crippen LogP contribution in [0.3, 0.4) is 0 Å². The molecule has 192 valence electrons. The standard InChI is InChI=1S/C39H26N2/c1-3-15-27(16-4-1)29-19-7-9-21-31(29)36-33-23-11-12-24-34(33)37(39-38(36)40-35-25-13-14-26-41(35)39)32-22-10-8-20-30(32)28-17-5-2-6-18-28/h1-26H/p+1. The Morgan fingerprint density at radius 3 is 1.46 bits per heavy atom. The van der Waals surface area contributed by atoms with Crippen LogP contribution in [0.2, 0.25) is 0 Å². The van der Waals surface area contributed by atoms with Gasteiger partial charge in [0.2, 0.25) is 0 Å². The smallest absolute Gasteiger partial charge is 0.236 e. The molecule has 2 aromatic heterocycles. The number of fused-ring (bicyclic) bond motifs is 4. The molecule has 0 saturated heterocycles. The van der Waals surface area contributed by atoms with Gasteiger partial charge in [-0.25, -0.2) is 4.98 Å². The van der Waals surface area contributed by atoms with E-state index in [0.29, 0.717) is 0 Å². The molecule has 41 heavy (non-hydrogen) atoms. The summed E-state index contributed by atoms with van der Waals surface area (Å²) in [7, 11) is 0. The molecule has 0 fully saturated rings. The van der Waals surface area contributed by atoms with Crippen molar-refractivity contribution in [1.29, 1.82) is 0 Å². The highest BCUT2D eigenvalue weighted by molar-refractivity contribution is 6.21. The highest BCUT2D eigenvalue weighted by atomic mass is 15.0. The largest absolute Gasteiger partial charge is 0.284 e. The van der Waals surface area contributed by atoms with Crippen LogP contribution in [-0.2, 0) is 0 Å². The molecular weight excluding hydrogens is 496 g/mol. The Balaban J connectivity index is 1.57. The maximum absolute atomic E-state index is 3.85. The maximum Gasteiger partial charge on any atom is 0.284 e. The predicted octanol–water partition coefficient (Wildman–Crippen LogP) is 9.73. The molecule has 6 aromatic carbocycles. The molecule has 2 nitrogen and oxygen atoms in total. The second-order valence-corrected chi connectivity index (χ2v) is 10.4. The van der Waals surface area contributed by atoms with Crippen molar-refractivity contribution in [3.05, 3.63) is 158 Å². The quantitative estimate of drug-likeness (QED) is 0.222. The molecule has 0 spiro atoms. The molecular formula is C39H27N2+. The molecule has 8 aromatic rings. The van der Waals surface area contributed by atoms with Crippen molar-refractivity contribution in [3.63, 3.8) is 0 Å². The van der Waals surface area contributed by atoms with Gasteiger partial charge in [-0.15, -0.1) is 0 Å². The van der Waals surface area contributed by atoms with E-state index in [1.165, 1.54) is 60.8 Å². The van der Waals surface area contributed by atoms with Crippen LogP contribution in [0.4, 0.5) is 0 Å². The lowest BCUT2D eigenvalue weighted by molar-refractivity contribution is -0.480. The lowest BCUT2D eigenvalue weighted by Gasteiger charge is -2.17. The Morgan fingerprint density at radius 1 is 0.390 bits per heavy atom. The van der Waals surface area contributed by atoms with Gasteiger partial charge in [-0.1, -0.05) is 140 Å². The number of aromatic amines is 1. The van der Waals surface area contributed by atoms with E-state index in [1.54, 1.807) is 0 Å². The Labute approximate surface area is 238 Å². The second-order valence-electron chi connectivity index (χ2n) is 10.4. The minimum Gasteiger partial charge on any atom is -0.236 e. The third-order valence-corrected chi connectivity index (χ3v) is 8.11. The first kappa shape index (κ1) is 23.4. The number of hydrogen-bond acceptors (Lipinski definition) is 0. The summed E-state index contributed by atoms with van der Waals surface area (Å²) in [5.74, 6) is 0. The van der Waals surface area contributed by atoms with Crippen molar-refractivity contribution in [1.82, 2.24) is 4.98 Å². The number of hydrogen-bond donors (Lipinski definition) is 1. The van der Waals surface area contributed by atoms with Crippen LogP contribution in [0.5, 0.6) is 0 Å². The van der Waals surface area contributed by atoms with E-state index in [9.17, 15) is 0 Å². The molecule has 0 unspecified atom stereocenters. The van der Waals surface area contributed by atoms with Crippen LogP contribution in [0.15, 0.2) is 158 Å². The molecule has 0 aliphatic rings. The van der Waals surface area contributed by atoms with E-state index in [1.807, 2.05) is 0 Å². The Hall–Kier alpha value is -5.47. The SMILES string of the molecule is c1ccc(-c2ccccc2-c2c3ccccc3c(-c3ccccc3-c3ccccc3)c3c2[nH]c2cccc[n+]23)cc1. The fraction of sp³-hybridized carbons (Fsp3) is 0. The van der Waals surface area contributed by atoms with Crippen molar-refractivity contribution >= 4 is 27.5 Å². The molecule has 0 bridgehead atoms. The van der Waals surface area contributed by atoms with Crippen molar-refractivity contribution in [2.24, 2.45) is 0 Å². The zero-order valence-electron chi connectivity index (χ0n) is 22.5. The van der Waals surface area contributed by atoms with Crippen LogP contribution < -0.4 is 4.40 Å². The van der Waals surface area contributed by atoms with Crippen LogP contribution in [-0.4, -0.2) is 4.98 Å². The van der Waals surface area contributed by atoms with Gasteiger partial charge in [-0.05, 0) is 50.2 Å². The summed E-state index contributed by atoms with van der Waals surface area (Å²) in [6.45, 7) is 0. The molecule has 1 N–H and O–H groups in total. The summed E-state index contributed by atoms with van der Waals surface area (Å²) in [4.78, 5) is 3.85. The van der Waals surface area contributed by atoms with Crippen LogP contribution in [0.1, 0.15) is 0 Å². The molecule has 0 radical (unpaired) electrons.